The van der Waals surface area contributed by atoms with Gasteiger partial charge in [0.05, 0.1) is 5.92 Å². The van der Waals surface area contributed by atoms with E-state index in [1.807, 2.05) is 0 Å². The maximum Gasteiger partial charge on any atom is 0.224 e. The molecule has 1 aromatic carbocycles. The molecule has 1 aliphatic carbocycles. The van der Waals surface area contributed by atoms with Crippen molar-refractivity contribution in [1.82, 2.24) is 15.1 Å². The number of benzene rings is 1. The van der Waals surface area contributed by atoms with E-state index in [2.05, 4.69) is 46.0 Å². The molecule has 0 saturated carbocycles. The third-order valence-electron chi connectivity index (χ3n) is 6.81. The molecule has 0 spiro atoms. The van der Waals surface area contributed by atoms with Crippen molar-refractivity contribution < 1.29 is 4.79 Å². The number of hydrogen-bond acceptors (Lipinski definition) is 3. The van der Waals surface area contributed by atoms with Crippen LogP contribution in [0.5, 0.6) is 0 Å². The molecule has 0 aromatic heterocycles. The molecule has 4 heteroatoms. The number of rotatable bonds is 5. The van der Waals surface area contributed by atoms with Gasteiger partial charge in [0.1, 0.15) is 0 Å². The summed E-state index contributed by atoms with van der Waals surface area (Å²) in [4.78, 5) is 17.6. The second-order valence-electron chi connectivity index (χ2n) is 8.47. The van der Waals surface area contributed by atoms with Crippen LogP contribution >= 0.6 is 0 Å². The molecule has 4 rings (SSSR count). The largest absolute Gasteiger partial charge is 0.352 e. The quantitative estimate of drug-likeness (QED) is 0.813. The van der Waals surface area contributed by atoms with E-state index in [0.717, 1.165) is 25.9 Å². The molecule has 4 nitrogen and oxygen atoms in total. The minimum atomic E-state index is 0.154. The molecule has 3 aliphatic rings. The average Bonchev–Trinajstić information content (AvgIpc) is 3.16. The molecule has 146 valence electrons. The monoisotopic (exact) mass is 367 g/mol. The zero-order valence-electron chi connectivity index (χ0n) is 16.4. The fraction of sp³-hybridized carbons (Fsp3) is 0.609. The Kier molecular flexibility index (Phi) is 5.94. The van der Waals surface area contributed by atoms with E-state index in [-0.39, 0.29) is 11.8 Å². The maximum absolute atomic E-state index is 12.3. The van der Waals surface area contributed by atoms with Crippen LogP contribution < -0.4 is 5.32 Å². The lowest BCUT2D eigenvalue weighted by Gasteiger charge is -2.43. The minimum Gasteiger partial charge on any atom is -0.352 e. The van der Waals surface area contributed by atoms with Crippen LogP contribution in [-0.4, -0.2) is 60.5 Å². The third-order valence-corrected chi connectivity index (χ3v) is 6.81. The fourth-order valence-corrected chi connectivity index (χ4v) is 5.28. The van der Waals surface area contributed by atoms with Gasteiger partial charge in [-0.05, 0) is 69.3 Å². The van der Waals surface area contributed by atoms with Crippen molar-refractivity contribution in [2.75, 3.05) is 32.7 Å². The molecule has 1 atom stereocenters. The molecular weight excluding hydrogens is 334 g/mol. The van der Waals surface area contributed by atoms with E-state index in [1.165, 1.54) is 38.8 Å². The van der Waals surface area contributed by atoms with Crippen molar-refractivity contribution in [1.29, 1.82) is 0 Å². The number of hydrogen-bond donors (Lipinski definition) is 1. The Morgan fingerprint density at radius 2 is 1.74 bits per heavy atom. The Labute approximate surface area is 163 Å². The standard InChI is InChI=1S/C23H33N3O/c1-2-11-24-23(27)20-8-5-12-26(17-20)21-9-13-25(14-10-21)22-15-18-6-3-4-7-19(18)16-22/h2-4,6-7,20-22H,1,5,8-17H2,(H,24,27)/t20-/m1/s1. The second kappa shape index (κ2) is 8.57. The number of fused-ring (bicyclic) bond motifs is 1. The van der Waals surface area contributed by atoms with Crippen LogP contribution in [0.1, 0.15) is 36.8 Å². The number of amides is 1. The summed E-state index contributed by atoms with van der Waals surface area (Å²) < 4.78 is 0. The van der Waals surface area contributed by atoms with E-state index in [4.69, 9.17) is 0 Å². The van der Waals surface area contributed by atoms with Crippen LogP contribution in [-0.2, 0) is 17.6 Å². The van der Waals surface area contributed by atoms with Crippen LogP contribution in [0.3, 0.4) is 0 Å². The topological polar surface area (TPSA) is 35.6 Å². The number of nitrogens with one attached hydrogen (secondary N) is 1. The molecule has 1 N–H and O–H groups in total. The molecule has 0 unspecified atom stereocenters. The molecule has 1 amide bonds. The lowest BCUT2D eigenvalue weighted by molar-refractivity contribution is -0.127. The Bertz CT molecular complexity index is 640. The Morgan fingerprint density at radius 1 is 1.04 bits per heavy atom. The lowest BCUT2D eigenvalue weighted by Crippen LogP contribution is -2.52. The molecule has 2 fully saturated rings. The van der Waals surface area contributed by atoms with Crippen molar-refractivity contribution >= 4 is 5.91 Å². The van der Waals surface area contributed by atoms with Gasteiger partial charge in [-0.1, -0.05) is 30.3 Å². The third kappa shape index (κ3) is 4.27. The first-order valence-electron chi connectivity index (χ1n) is 10.7. The van der Waals surface area contributed by atoms with E-state index < -0.39 is 0 Å². The zero-order valence-corrected chi connectivity index (χ0v) is 16.4. The highest BCUT2D eigenvalue weighted by Crippen LogP contribution is 2.29. The summed E-state index contributed by atoms with van der Waals surface area (Å²) in [6, 6.07) is 10.3. The van der Waals surface area contributed by atoms with Crippen LogP contribution in [0, 0.1) is 5.92 Å². The van der Waals surface area contributed by atoms with Gasteiger partial charge in [-0.2, -0.15) is 0 Å². The number of carbonyl (C=O) groups is 1. The van der Waals surface area contributed by atoms with Gasteiger partial charge in [-0.15, -0.1) is 6.58 Å². The highest BCUT2D eigenvalue weighted by Gasteiger charge is 2.34. The molecular formula is C23H33N3O. The zero-order chi connectivity index (χ0) is 18.6. The van der Waals surface area contributed by atoms with Gasteiger partial charge in [-0.25, -0.2) is 0 Å². The second-order valence-corrected chi connectivity index (χ2v) is 8.47. The van der Waals surface area contributed by atoms with Gasteiger partial charge in [0.15, 0.2) is 0 Å². The summed E-state index contributed by atoms with van der Waals surface area (Å²) in [6.45, 7) is 8.76. The number of carbonyl (C=O) groups excluding carboxylic acids is 1. The van der Waals surface area contributed by atoms with E-state index in [0.29, 0.717) is 18.6 Å². The van der Waals surface area contributed by atoms with E-state index in [9.17, 15) is 4.79 Å². The summed E-state index contributed by atoms with van der Waals surface area (Å²) >= 11 is 0. The molecule has 2 heterocycles. The molecule has 2 saturated heterocycles. The van der Waals surface area contributed by atoms with Crippen molar-refractivity contribution in [2.45, 2.75) is 50.6 Å². The van der Waals surface area contributed by atoms with Crippen LogP contribution in [0.25, 0.3) is 0 Å². The first-order valence-corrected chi connectivity index (χ1v) is 10.7. The smallest absolute Gasteiger partial charge is 0.224 e. The lowest BCUT2D eigenvalue weighted by atomic mass is 9.92. The molecule has 0 radical (unpaired) electrons. The first-order chi connectivity index (χ1) is 13.2. The number of likely N-dealkylation sites (tertiary alicyclic amines) is 2. The summed E-state index contributed by atoms with van der Waals surface area (Å²) in [6.07, 6.45) is 8.85. The highest BCUT2D eigenvalue weighted by molar-refractivity contribution is 5.79. The molecule has 2 aliphatic heterocycles. The fourth-order valence-electron chi connectivity index (χ4n) is 5.28. The van der Waals surface area contributed by atoms with Gasteiger partial charge < -0.3 is 5.32 Å². The number of piperidine rings is 2. The predicted molar refractivity (Wildman–Crippen MR) is 110 cm³/mol. The summed E-state index contributed by atoms with van der Waals surface area (Å²) in [5.41, 5.74) is 3.10. The van der Waals surface area contributed by atoms with Gasteiger partial charge in [-0.3, -0.25) is 14.6 Å². The Morgan fingerprint density at radius 3 is 2.41 bits per heavy atom. The summed E-state index contributed by atoms with van der Waals surface area (Å²) in [5.74, 6) is 0.363. The van der Waals surface area contributed by atoms with Gasteiger partial charge in [0.2, 0.25) is 5.91 Å². The molecule has 1 aromatic rings. The Hall–Kier alpha value is -1.65. The van der Waals surface area contributed by atoms with Crippen molar-refractivity contribution in [3.63, 3.8) is 0 Å². The predicted octanol–water partition coefficient (Wildman–Crippen LogP) is 2.63. The van der Waals surface area contributed by atoms with Gasteiger partial charge in [0.25, 0.3) is 0 Å². The summed E-state index contributed by atoms with van der Waals surface area (Å²) in [5, 5.41) is 2.99. The first kappa shape index (κ1) is 18.7. The maximum atomic E-state index is 12.3. The van der Waals surface area contributed by atoms with Crippen LogP contribution in [0.15, 0.2) is 36.9 Å². The van der Waals surface area contributed by atoms with E-state index in [1.54, 1.807) is 17.2 Å². The Balaban J connectivity index is 1.27. The van der Waals surface area contributed by atoms with Gasteiger partial charge in [0, 0.05) is 25.2 Å². The SMILES string of the molecule is C=CCNC(=O)[C@@H]1CCCN(C2CCN(C3Cc4ccccc4C3)CC2)C1. The van der Waals surface area contributed by atoms with Crippen molar-refractivity contribution in [3.8, 4) is 0 Å². The van der Waals surface area contributed by atoms with Gasteiger partial charge >= 0.3 is 0 Å². The van der Waals surface area contributed by atoms with Crippen molar-refractivity contribution in [3.05, 3.63) is 48.0 Å². The van der Waals surface area contributed by atoms with E-state index >= 15 is 0 Å². The van der Waals surface area contributed by atoms with Crippen LogP contribution in [0.2, 0.25) is 0 Å². The normalized spacial score (nSPS) is 25.3. The summed E-state index contributed by atoms with van der Waals surface area (Å²) in [7, 11) is 0. The minimum absolute atomic E-state index is 0.154. The molecule has 27 heavy (non-hydrogen) atoms. The number of nitrogens with zero attached hydrogens (tertiary/aromatic N) is 2. The average molecular weight is 368 g/mol. The van der Waals surface area contributed by atoms with Crippen LogP contribution in [0.4, 0.5) is 0 Å². The highest BCUT2D eigenvalue weighted by atomic mass is 16.1. The van der Waals surface area contributed by atoms with Crippen molar-refractivity contribution in [2.24, 2.45) is 5.92 Å². The molecule has 0 bridgehead atoms.